The summed E-state index contributed by atoms with van der Waals surface area (Å²) in [6.07, 6.45) is 1.90. The zero-order valence-electron chi connectivity index (χ0n) is 15.8. The van der Waals surface area contributed by atoms with E-state index in [2.05, 4.69) is 60.8 Å². The van der Waals surface area contributed by atoms with Crippen LogP contribution in [0.3, 0.4) is 0 Å². The first-order valence-corrected chi connectivity index (χ1v) is 9.03. The van der Waals surface area contributed by atoms with Gasteiger partial charge in [-0.1, -0.05) is 34.6 Å². The number of anilines is 1. The Kier molecular flexibility index (Phi) is 4.67. The molecule has 0 amide bonds. The van der Waals surface area contributed by atoms with E-state index in [1.165, 1.54) is 0 Å². The van der Waals surface area contributed by atoms with Crippen LogP contribution < -0.4 is 10.6 Å². The third-order valence-electron chi connectivity index (χ3n) is 4.74. The monoisotopic (exact) mass is 344 g/mol. The Hall–Kier alpha value is -2.18. The van der Waals surface area contributed by atoms with E-state index in [9.17, 15) is 4.79 Å². The Morgan fingerprint density at radius 1 is 1.20 bits per heavy atom. The van der Waals surface area contributed by atoms with Crippen LogP contribution in [0.1, 0.15) is 76.6 Å². The fourth-order valence-corrected chi connectivity index (χ4v) is 3.12. The SMILES string of the molecule is CC(C)c1nc(N2CCC(c3n[nH]c(=O)[nH]3)CC2)cc(C(C)(C)C)n1. The molecule has 0 radical (unpaired) electrons. The normalized spacial score (nSPS) is 16.6. The van der Waals surface area contributed by atoms with Crippen LogP contribution in [0.4, 0.5) is 5.82 Å². The van der Waals surface area contributed by atoms with Crippen LogP contribution in [0.15, 0.2) is 10.9 Å². The highest BCUT2D eigenvalue weighted by Gasteiger charge is 2.26. The zero-order chi connectivity index (χ0) is 18.2. The van der Waals surface area contributed by atoms with Gasteiger partial charge >= 0.3 is 5.69 Å². The average molecular weight is 344 g/mol. The summed E-state index contributed by atoms with van der Waals surface area (Å²) in [6, 6.07) is 2.13. The maximum absolute atomic E-state index is 11.3. The zero-order valence-corrected chi connectivity index (χ0v) is 15.8. The van der Waals surface area contributed by atoms with E-state index in [0.717, 1.165) is 49.1 Å². The van der Waals surface area contributed by atoms with Gasteiger partial charge in [0, 0.05) is 36.4 Å². The van der Waals surface area contributed by atoms with Crippen molar-refractivity contribution in [3.05, 3.63) is 33.9 Å². The maximum atomic E-state index is 11.3. The summed E-state index contributed by atoms with van der Waals surface area (Å²) in [6.45, 7) is 12.6. The molecule has 25 heavy (non-hydrogen) atoms. The summed E-state index contributed by atoms with van der Waals surface area (Å²) in [5.41, 5.74) is 0.846. The number of hydrogen-bond acceptors (Lipinski definition) is 5. The molecule has 1 aliphatic rings. The molecule has 0 spiro atoms. The molecule has 1 aliphatic heterocycles. The third-order valence-corrected chi connectivity index (χ3v) is 4.74. The van der Waals surface area contributed by atoms with E-state index in [-0.39, 0.29) is 11.1 Å². The lowest BCUT2D eigenvalue weighted by atomic mass is 9.91. The minimum Gasteiger partial charge on any atom is -0.356 e. The number of rotatable bonds is 3. The van der Waals surface area contributed by atoms with Gasteiger partial charge in [0.2, 0.25) is 0 Å². The highest BCUT2D eigenvalue weighted by Crippen LogP contribution is 2.30. The Morgan fingerprint density at radius 2 is 1.88 bits per heavy atom. The van der Waals surface area contributed by atoms with Crippen LogP contribution in [0.5, 0.6) is 0 Å². The molecular formula is C18H28N6O. The lowest BCUT2D eigenvalue weighted by Crippen LogP contribution is -2.34. The van der Waals surface area contributed by atoms with Gasteiger partial charge < -0.3 is 4.90 Å². The molecule has 7 nitrogen and oxygen atoms in total. The van der Waals surface area contributed by atoms with Gasteiger partial charge in [-0.3, -0.25) is 4.98 Å². The van der Waals surface area contributed by atoms with Crippen molar-refractivity contribution in [1.82, 2.24) is 25.1 Å². The molecule has 136 valence electrons. The highest BCUT2D eigenvalue weighted by molar-refractivity contribution is 5.42. The molecule has 0 aromatic carbocycles. The molecular weight excluding hydrogens is 316 g/mol. The van der Waals surface area contributed by atoms with Crippen molar-refractivity contribution in [3.63, 3.8) is 0 Å². The van der Waals surface area contributed by atoms with Gasteiger partial charge in [0.25, 0.3) is 0 Å². The molecule has 1 saturated heterocycles. The average Bonchev–Trinajstić information content (AvgIpc) is 3.00. The van der Waals surface area contributed by atoms with E-state index in [0.29, 0.717) is 11.8 Å². The van der Waals surface area contributed by atoms with Crippen LogP contribution in [-0.2, 0) is 5.41 Å². The van der Waals surface area contributed by atoms with Gasteiger partial charge in [-0.05, 0) is 12.8 Å². The molecule has 2 N–H and O–H groups in total. The van der Waals surface area contributed by atoms with Crippen LogP contribution >= 0.6 is 0 Å². The number of piperidine rings is 1. The Morgan fingerprint density at radius 3 is 2.40 bits per heavy atom. The maximum Gasteiger partial charge on any atom is 0.340 e. The van der Waals surface area contributed by atoms with Crippen molar-refractivity contribution < 1.29 is 0 Å². The quantitative estimate of drug-likeness (QED) is 0.893. The molecule has 3 rings (SSSR count). The first-order valence-electron chi connectivity index (χ1n) is 9.03. The van der Waals surface area contributed by atoms with Gasteiger partial charge in [-0.2, -0.15) is 5.10 Å². The van der Waals surface area contributed by atoms with E-state index in [4.69, 9.17) is 9.97 Å². The smallest absolute Gasteiger partial charge is 0.340 e. The molecule has 0 saturated carbocycles. The number of hydrogen-bond donors (Lipinski definition) is 2. The standard InChI is InChI=1S/C18H28N6O/c1-11(2)15-19-13(18(3,4)5)10-14(20-15)24-8-6-12(7-9-24)16-21-17(25)23-22-16/h10-12H,6-9H2,1-5H3,(H2,21,22,23,25). The summed E-state index contributed by atoms with van der Waals surface area (Å²) in [5.74, 6) is 3.28. The van der Waals surface area contributed by atoms with Crippen molar-refractivity contribution in [3.8, 4) is 0 Å². The van der Waals surface area contributed by atoms with Gasteiger partial charge in [0.1, 0.15) is 17.5 Å². The molecule has 0 atom stereocenters. The summed E-state index contributed by atoms with van der Waals surface area (Å²) >= 11 is 0. The Bertz CT molecular complexity index is 777. The van der Waals surface area contributed by atoms with Gasteiger partial charge in [-0.25, -0.2) is 19.9 Å². The molecule has 0 unspecified atom stereocenters. The van der Waals surface area contributed by atoms with Crippen molar-refractivity contribution in [2.24, 2.45) is 0 Å². The first kappa shape index (κ1) is 17.6. The summed E-state index contributed by atoms with van der Waals surface area (Å²) in [5, 5.41) is 6.54. The van der Waals surface area contributed by atoms with Crippen LogP contribution in [0, 0.1) is 0 Å². The van der Waals surface area contributed by atoms with E-state index < -0.39 is 0 Å². The van der Waals surface area contributed by atoms with Gasteiger partial charge in [0.15, 0.2) is 0 Å². The minimum absolute atomic E-state index is 0.00577. The van der Waals surface area contributed by atoms with Crippen molar-refractivity contribution in [1.29, 1.82) is 0 Å². The number of H-pyrrole nitrogens is 2. The lowest BCUT2D eigenvalue weighted by Gasteiger charge is -2.33. The summed E-state index contributed by atoms with van der Waals surface area (Å²) in [7, 11) is 0. The number of nitrogens with one attached hydrogen (secondary N) is 2. The lowest BCUT2D eigenvalue weighted by molar-refractivity contribution is 0.482. The topological polar surface area (TPSA) is 90.6 Å². The molecule has 0 bridgehead atoms. The van der Waals surface area contributed by atoms with E-state index in [1.807, 2.05) is 0 Å². The molecule has 7 heteroatoms. The van der Waals surface area contributed by atoms with Crippen molar-refractivity contribution in [2.75, 3.05) is 18.0 Å². The summed E-state index contributed by atoms with van der Waals surface area (Å²) < 4.78 is 0. The van der Waals surface area contributed by atoms with Crippen LogP contribution in [0.2, 0.25) is 0 Å². The van der Waals surface area contributed by atoms with Crippen LogP contribution in [0.25, 0.3) is 0 Å². The molecule has 0 aliphatic carbocycles. The predicted octanol–water partition coefficient (Wildman–Crippen LogP) is 2.69. The Balaban J connectivity index is 1.80. The van der Waals surface area contributed by atoms with Gasteiger partial charge in [0.05, 0.1) is 5.69 Å². The second kappa shape index (κ2) is 6.61. The highest BCUT2D eigenvalue weighted by atomic mass is 16.1. The number of nitrogens with zero attached hydrogens (tertiary/aromatic N) is 4. The summed E-state index contributed by atoms with van der Waals surface area (Å²) in [4.78, 5) is 25.9. The third kappa shape index (κ3) is 3.91. The van der Waals surface area contributed by atoms with Gasteiger partial charge in [-0.15, -0.1) is 0 Å². The fraction of sp³-hybridized carbons (Fsp3) is 0.667. The molecule has 2 aromatic heterocycles. The Labute approximate surface area is 148 Å². The van der Waals surface area contributed by atoms with E-state index >= 15 is 0 Å². The second-order valence-corrected chi connectivity index (χ2v) is 8.20. The van der Waals surface area contributed by atoms with E-state index in [1.54, 1.807) is 0 Å². The van der Waals surface area contributed by atoms with Crippen molar-refractivity contribution in [2.45, 2.75) is 64.7 Å². The second-order valence-electron chi connectivity index (χ2n) is 8.20. The van der Waals surface area contributed by atoms with Crippen LogP contribution in [-0.4, -0.2) is 38.2 Å². The molecule has 2 aromatic rings. The first-order chi connectivity index (χ1) is 11.7. The fourth-order valence-electron chi connectivity index (χ4n) is 3.12. The predicted molar refractivity (Wildman–Crippen MR) is 98.2 cm³/mol. The molecule has 3 heterocycles. The number of aromatic amines is 2. The minimum atomic E-state index is -0.232. The largest absolute Gasteiger partial charge is 0.356 e. The van der Waals surface area contributed by atoms with Crippen molar-refractivity contribution >= 4 is 5.82 Å². The number of aromatic nitrogens is 5. The molecule has 1 fully saturated rings.